The van der Waals surface area contributed by atoms with Gasteiger partial charge in [-0.2, -0.15) is 0 Å². The summed E-state index contributed by atoms with van der Waals surface area (Å²) in [6.45, 7) is 3.81. The van der Waals surface area contributed by atoms with E-state index in [-0.39, 0.29) is 18.9 Å². The van der Waals surface area contributed by atoms with Crippen LogP contribution in [-0.2, 0) is 19.1 Å². The standard InChI is InChI=1S/C20H28N2O6/c1-3-28-20(27)15(12-17(23)14-8-5-4-6-9-14)21-13(2)18(24)22-11-7-10-16(22)19(25)26/h4-6,8-9,13,15-17,21,23H,3,7,10-12H2,1-2H3,(H,25,26)/t13-,15-,16-,17-/m0/s1. The second-order valence-corrected chi connectivity index (χ2v) is 6.88. The number of aliphatic carboxylic acids is 1. The molecule has 1 aromatic rings. The average Bonchev–Trinajstić information content (AvgIpc) is 3.17. The molecule has 1 heterocycles. The van der Waals surface area contributed by atoms with Crippen molar-refractivity contribution in [3.63, 3.8) is 0 Å². The number of carbonyl (C=O) groups is 3. The zero-order valence-corrected chi connectivity index (χ0v) is 16.2. The molecular formula is C20H28N2O6. The van der Waals surface area contributed by atoms with Gasteiger partial charge in [0.05, 0.1) is 18.8 Å². The zero-order chi connectivity index (χ0) is 20.7. The number of ether oxygens (including phenoxy) is 1. The van der Waals surface area contributed by atoms with Gasteiger partial charge >= 0.3 is 11.9 Å². The Morgan fingerprint density at radius 3 is 2.57 bits per heavy atom. The van der Waals surface area contributed by atoms with Gasteiger partial charge in [-0.3, -0.25) is 14.9 Å². The summed E-state index contributed by atoms with van der Waals surface area (Å²) in [5, 5.41) is 22.7. The van der Waals surface area contributed by atoms with Crippen LogP contribution >= 0.6 is 0 Å². The van der Waals surface area contributed by atoms with Crippen LogP contribution in [0.2, 0.25) is 0 Å². The highest BCUT2D eigenvalue weighted by Gasteiger charge is 2.37. The number of amides is 1. The molecule has 1 aromatic carbocycles. The fourth-order valence-electron chi connectivity index (χ4n) is 3.42. The molecule has 0 aromatic heterocycles. The molecular weight excluding hydrogens is 364 g/mol. The number of carboxylic acid groups (broad SMARTS) is 1. The van der Waals surface area contributed by atoms with Gasteiger partial charge < -0.3 is 19.8 Å². The molecule has 154 valence electrons. The smallest absolute Gasteiger partial charge is 0.326 e. The molecule has 8 heteroatoms. The number of esters is 1. The molecule has 1 aliphatic heterocycles. The first-order valence-corrected chi connectivity index (χ1v) is 9.54. The summed E-state index contributed by atoms with van der Waals surface area (Å²) < 4.78 is 5.07. The van der Waals surface area contributed by atoms with Crippen LogP contribution in [0.1, 0.15) is 44.8 Å². The molecule has 1 amide bonds. The van der Waals surface area contributed by atoms with Gasteiger partial charge in [-0.1, -0.05) is 30.3 Å². The molecule has 1 saturated heterocycles. The van der Waals surface area contributed by atoms with E-state index in [1.165, 1.54) is 4.90 Å². The molecule has 0 radical (unpaired) electrons. The second-order valence-electron chi connectivity index (χ2n) is 6.88. The lowest BCUT2D eigenvalue weighted by Gasteiger charge is -2.28. The first-order chi connectivity index (χ1) is 13.3. The first-order valence-electron chi connectivity index (χ1n) is 9.54. The lowest BCUT2D eigenvalue weighted by atomic mass is 10.0. The molecule has 0 aliphatic carbocycles. The number of nitrogens with zero attached hydrogens (tertiary/aromatic N) is 1. The first kappa shape index (κ1) is 21.8. The summed E-state index contributed by atoms with van der Waals surface area (Å²) in [6.07, 6.45) is 0.164. The molecule has 4 atom stereocenters. The van der Waals surface area contributed by atoms with Gasteiger partial charge in [0.25, 0.3) is 0 Å². The van der Waals surface area contributed by atoms with Gasteiger partial charge in [0.15, 0.2) is 0 Å². The highest BCUT2D eigenvalue weighted by molar-refractivity contribution is 5.88. The monoisotopic (exact) mass is 392 g/mol. The number of hydrogen-bond acceptors (Lipinski definition) is 6. The van der Waals surface area contributed by atoms with Gasteiger partial charge in [0.1, 0.15) is 12.1 Å². The van der Waals surface area contributed by atoms with Crippen molar-refractivity contribution in [1.82, 2.24) is 10.2 Å². The number of likely N-dealkylation sites (tertiary alicyclic amines) is 1. The fourth-order valence-corrected chi connectivity index (χ4v) is 3.42. The van der Waals surface area contributed by atoms with Crippen LogP contribution < -0.4 is 5.32 Å². The zero-order valence-electron chi connectivity index (χ0n) is 16.2. The van der Waals surface area contributed by atoms with E-state index in [1.807, 2.05) is 6.07 Å². The topological polar surface area (TPSA) is 116 Å². The van der Waals surface area contributed by atoms with E-state index in [4.69, 9.17) is 4.74 Å². The van der Waals surface area contributed by atoms with Gasteiger partial charge in [-0.05, 0) is 32.3 Å². The Labute approximate surface area is 164 Å². The summed E-state index contributed by atoms with van der Waals surface area (Å²) in [5.41, 5.74) is 0.656. The van der Waals surface area contributed by atoms with Gasteiger partial charge in [0, 0.05) is 13.0 Å². The molecule has 8 nitrogen and oxygen atoms in total. The highest BCUT2D eigenvalue weighted by Crippen LogP contribution is 2.21. The molecule has 0 unspecified atom stereocenters. The number of aliphatic hydroxyl groups excluding tert-OH is 1. The Bertz CT molecular complexity index is 681. The molecule has 0 bridgehead atoms. The van der Waals surface area contributed by atoms with Crippen molar-refractivity contribution >= 4 is 17.8 Å². The van der Waals surface area contributed by atoms with Crippen LogP contribution in [0.15, 0.2) is 30.3 Å². The minimum atomic E-state index is -1.03. The second kappa shape index (κ2) is 10.2. The predicted molar refractivity (Wildman–Crippen MR) is 101 cm³/mol. The number of hydrogen-bond donors (Lipinski definition) is 3. The Morgan fingerprint density at radius 1 is 1.29 bits per heavy atom. The van der Waals surface area contributed by atoms with Crippen molar-refractivity contribution in [2.24, 2.45) is 0 Å². The van der Waals surface area contributed by atoms with Crippen LogP contribution in [0.4, 0.5) is 0 Å². The van der Waals surface area contributed by atoms with E-state index in [1.54, 1.807) is 38.1 Å². The third-order valence-corrected chi connectivity index (χ3v) is 4.86. The number of rotatable bonds is 9. The minimum Gasteiger partial charge on any atom is -0.480 e. The van der Waals surface area contributed by atoms with Crippen LogP contribution in [0.5, 0.6) is 0 Å². The number of carboxylic acids is 1. The lowest BCUT2D eigenvalue weighted by Crippen LogP contribution is -2.53. The third-order valence-electron chi connectivity index (χ3n) is 4.86. The minimum absolute atomic E-state index is 0.0306. The third kappa shape index (κ3) is 5.53. The Kier molecular flexibility index (Phi) is 7.95. The number of aliphatic hydroxyl groups is 1. The van der Waals surface area contributed by atoms with Crippen molar-refractivity contribution in [2.45, 2.75) is 57.3 Å². The van der Waals surface area contributed by atoms with Crippen LogP contribution in [0, 0.1) is 0 Å². The molecule has 28 heavy (non-hydrogen) atoms. The number of benzene rings is 1. The molecule has 3 N–H and O–H groups in total. The molecule has 1 fully saturated rings. The maximum absolute atomic E-state index is 12.7. The van der Waals surface area contributed by atoms with Crippen LogP contribution in [-0.4, -0.2) is 64.2 Å². The molecule has 0 spiro atoms. The van der Waals surface area contributed by atoms with E-state index in [9.17, 15) is 24.6 Å². The maximum atomic E-state index is 12.7. The van der Waals surface area contributed by atoms with E-state index < -0.39 is 36.2 Å². The van der Waals surface area contributed by atoms with Gasteiger partial charge in [-0.25, -0.2) is 4.79 Å². The Morgan fingerprint density at radius 2 is 1.96 bits per heavy atom. The van der Waals surface area contributed by atoms with Crippen molar-refractivity contribution < 1.29 is 29.3 Å². The van der Waals surface area contributed by atoms with Gasteiger partial charge in [0.2, 0.25) is 5.91 Å². The summed E-state index contributed by atoms with van der Waals surface area (Å²) in [7, 11) is 0. The Balaban J connectivity index is 2.07. The van der Waals surface area contributed by atoms with Crippen molar-refractivity contribution in [3.8, 4) is 0 Å². The van der Waals surface area contributed by atoms with Crippen molar-refractivity contribution in [2.75, 3.05) is 13.2 Å². The highest BCUT2D eigenvalue weighted by atomic mass is 16.5. The fraction of sp³-hybridized carbons (Fsp3) is 0.550. The summed E-state index contributed by atoms with van der Waals surface area (Å²) >= 11 is 0. The normalized spacial score (nSPS) is 19.7. The van der Waals surface area contributed by atoms with Crippen LogP contribution in [0.3, 0.4) is 0 Å². The predicted octanol–water partition coefficient (Wildman–Crippen LogP) is 1.10. The summed E-state index contributed by atoms with van der Waals surface area (Å²) in [5.74, 6) is -1.97. The van der Waals surface area contributed by atoms with Crippen LogP contribution in [0.25, 0.3) is 0 Å². The van der Waals surface area contributed by atoms with Crippen molar-refractivity contribution in [3.05, 3.63) is 35.9 Å². The summed E-state index contributed by atoms with van der Waals surface area (Å²) in [4.78, 5) is 37.7. The average molecular weight is 392 g/mol. The van der Waals surface area contributed by atoms with E-state index in [0.717, 1.165) is 0 Å². The molecule has 2 rings (SSSR count). The Hall–Kier alpha value is -2.45. The number of nitrogens with one attached hydrogen (secondary N) is 1. The summed E-state index contributed by atoms with van der Waals surface area (Å²) in [6, 6.07) is 6.37. The molecule has 1 aliphatic rings. The van der Waals surface area contributed by atoms with E-state index in [2.05, 4.69) is 5.32 Å². The molecule has 0 saturated carbocycles. The maximum Gasteiger partial charge on any atom is 0.326 e. The lowest BCUT2D eigenvalue weighted by molar-refractivity contribution is -0.150. The quantitative estimate of drug-likeness (QED) is 0.539. The van der Waals surface area contributed by atoms with E-state index in [0.29, 0.717) is 24.9 Å². The largest absolute Gasteiger partial charge is 0.480 e. The van der Waals surface area contributed by atoms with E-state index >= 15 is 0 Å². The number of carbonyl (C=O) groups excluding carboxylic acids is 2. The SMILES string of the molecule is CCOC(=O)[C@H](C[C@H](O)c1ccccc1)N[C@@H](C)C(=O)N1CCC[C@H]1C(=O)O. The van der Waals surface area contributed by atoms with Gasteiger partial charge in [-0.15, -0.1) is 0 Å². The van der Waals surface area contributed by atoms with Crippen molar-refractivity contribution in [1.29, 1.82) is 0 Å².